The van der Waals surface area contributed by atoms with Crippen LogP contribution in [0.3, 0.4) is 0 Å². The maximum absolute atomic E-state index is 12.4. The van der Waals surface area contributed by atoms with Crippen molar-refractivity contribution in [3.05, 3.63) is 53.2 Å². The SMILES string of the molecule is CC(C)Oc1ccccc1CC(=O)OC1CCN(c2ccc(Cl)cn2)CC1. The normalized spacial score (nSPS) is 15.0. The van der Waals surface area contributed by atoms with Crippen LogP contribution in [0.5, 0.6) is 5.75 Å². The number of ether oxygens (including phenoxy) is 2. The van der Waals surface area contributed by atoms with E-state index in [1.807, 2.05) is 50.2 Å². The lowest BCUT2D eigenvalue weighted by Gasteiger charge is -2.32. The van der Waals surface area contributed by atoms with Crippen LogP contribution in [-0.2, 0) is 16.0 Å². The predicted molar refractivity (Wildman–Crippen MR) is 106 cm³/mol. The van der Waals surface area contributed by atoms with Crippen molar-refractivity contribution in [2.24, 2.45) is 0 Å². The zero-order chi connectivity index (χ0) is 19.2. The molecule has 1 aromatic heterocycles. The summed E-state index contributed by atoms with van der Waals surface area (Å²) >= 11 is 5.89. The molecule has 0 unspecified atom stereocenters. The molecule has 5 nitrogen and oxygen atoms in total. The summed E-state index contributed by atoms with van der Waals surface area (Å²) in [7, 11) is 0. The van der Waals surface area contributed by atoms with Crippen molar-refractivity contribution in [1.29, 1.82) is 0 Å². The molecular weight excluding hydrogens is 364 g/mol. The van der Waals surface area contributed by atoms with Gasteiger partial charge in [-0.2, -0.15) is 0 Å². The Morgan fingerprint density at radius 1 is 1.22 bits per heavy atom. The number of para-hydroxylation sites is 1. The summed E-state index contributed by atoms with van der Waals surface area (Å²) in [6.07, 6.45) is 3.47. The zero-order valence-electron chi connectivity index (χ0n) is 15.7. The smallest absolute Gasteiger partial charge is 0.310 e. The molecule has 1 aliphatic heterocycles. The number of hydrogen-bond acceptors (Lipinski definition) is 5. The third-order valence-electron chi connectivity index (χ3n) is 4.45. The average molecular weight is 389 g/mol. The number of anilines is 1. The lowest BCUT2D eigenvalue weighted by Crippen LogP contribution is -2.38. The number of benzene rings is 1. The first kappa shape index (κ1) is 19.5. The van der Waals surface area contributed by atoms with Crippen molar-refractivity contribution in [3.63, 3.8) is 0 Å². The quantitative estimate of drug-likeness (QED) is 0.691. The minimum absolute atomic E-state index is 0.0563. The molecule has 6 heteroatoms. The highest BCUT2D eigenvalue weighted by Crippen LogP contribution is 2.23. The second-order valence-corrected chi connectivity index (χ2v) is 7.40. The minimum atomic E-state index is -0.210. The van der Waals surface area contributed by atoms with E-state index in [9.17, 15) is 4.79 Å². The highest BCUT2D eigenvalue weighted by atomic mass is 35.5. The first-order valence-electron chi connectivity index (χ1n) is 9.32. The van der Waals surface area contributed by atoms with Crippen LogP contribution in [0.15, 0.2) is 42.6 Å². The van der Waals surface area contributed by atoms with Gasteiger partial charge < -0.3 is 14.4 Å². The molecule has 0 N–H and O–H groups in total. The van der Waals surface area contributed by atoms with Crippen molar-refractivity contribution in [3.8, 4) is 5.75 Å². The maximum Gasteiger partial charge on any atom is 0.310 e. The van der Waals surface area contributed by atoms with Gasteiger partial charge in [-0.05, 0) is 32.0 Å². The van der Waals surface area contributed by atoms with E-state index >= 15 is 0 Å². The molecule has 0 spiro atoms. The van der Waals surface area contributed by atoms with Crippen LogP contribution >= 0.6 is 11.6 Å². The first-order valence-corrected chi connectivity index (χ1v) is 9.69. The second-order valence-electron chi connectivity index (χ2n) is 6.96. The van der Waals surface area contributed by atoms with Gasteiger partial charge in [-0.25, -0.2) is 4.98 Å². The number of esters is 1. The Hall–Kier alpha value is -2.27. The number of carbonyl (C=O) groups excluding carboxylic acids is 1. The molecule has 1 fully saturated rings. The van der Waals surface area contributed by atoms with Gasteiger partial charge in [0.05, 0.1) is 17.5 Å². The molecule has 1 aliphatic rings. The van der Waals surface area contributed by atoms with Crippen LogP contribution in [0.4, 0.5) is 5.82 Å². The molecule has 144 valence electrons. The van der Waals surface area contributed by atoms with E-state index in [0.29, 0.717) is 5.02 Å². The highest BCUT2D eigenvalue weighted by molar-refractivity contribution is 6.30. The Bertz CT molecular complexity index is 756. The summed E-state index contributed by atoms with van der Waals surface area (Å²) in [6.45, 7) is 5.55. The Labute approximate surface area is 165 Å². The van der Waals surface area contributed by atoms with Gasteiger partial charge in [0.1, 0.15) is 17.7 Å². The first-order chi connectivity index (χ1) is 13.0. The number of carbonyl (C=O) groups is 1. The Balaban J connectivity index is 1.51. The van der Waals surface area contributed by atoms with Gasteiger partial charge in [0, 0.05) is 37.7 Å². The third kappa shape index (κ3) is 5.60. The summed E-state index contributed by atoms with van der Waals surface area (Å²) in [5, 5.41) is 0.629. The molecule has 1 saturated heterocycles. The average Bonchev–Trinajstić information content (AvgIpc) is 2.64. The molecular formula is C21H25ClN2O3. The van der Waals surface area contributed by atoms with Crippen LogP contribution in [0.2, 0.25) is 5.02 Å². The number of piperidine rings is 1. The molecule has 0 atom stereocenters. The van der Waals surface area contributed by atoms with Crippen LogP contribution in [0.25, 0.3) is 0 Å². The number of hydrogen-bond donors (Lipinski definition) is 0. The summed E-state index contributed by atoms with van der Waals surface area (Å²) < 4.78 is 11.5. The van der Waals surface area contributed by atoms with E-state index in [1.54, 1.807) is 6.20 Å². The molecule has 27 heavy (non-hydrogen) atoms. The summed E-state index contributed by atoms with van der Waals surface area (Å²) in [6, 6.07) is 11.4. The van der Waals surface area contributed by atoms with Gasteiger partial charge in [0.25, 0.3) is 0 Å². The summed E-state index contributed by atoms with van der Waals surface area (Å²) in [5.74, 6) is 1.44. The van der Waals surface area contributed by atoms with E-state index in [1.165, 1.54) is 0 Å². The molecule has 2 heterocycles. The standard InChI is InChI=1S/C21H25ClN2O3/c1-15(2)26-19-6-4-3-5-16(19)13-21(25)27-18-9-11-24(12-10-18)20-8-7-17(22)14-23-20/h3-8,14-15,18H,9-13H2,1-2H3. The van der Waals surface area contributed by atoms with E-state index < -0.39 is 0 Å². The molecule has 0 saturated carbocycles. The maximum atomic E-state index is 12.4. The summed E-state index contributed by atoms with van der Waals surface area (Å²) in [4.78, 5) is 18.9. The van der Waals surface area contributed by atoms with E-state index in [2.05, 4.69) is 9.88 Å². The van der Waals surface area contributed by atoms with Crippen molar-refractivity contribution in [2.75, 3.05) is 18.0 Å². The second kappa shape index (κ2) is 9.09. The fourth-order valence-electron chi connectivity index (χ4n) is 3.16. The summed E-state index contributed by atoms with van der Waals surface area (Å²) in [5.41, 5.74) is 0.860. The minimum Gasteiger partial charge on any atom is -0.491 e. The van der Waals surface area contributed by atoms with Crippen LogP contribution in [-0.4, -0.2) is 36.3 Å². The topological polar surface area (TPSA) is 51.7 Å². The lowest BCUT2D eigenvalue weighted by molar-refractivity contribution is -0.149. The highest BCUT2D eigenvalue weighted by Gasteiger charge is 2.23. The molecule has 0 bridgehead atoms. The predicted octanol–water partition coefficient (Wildman–Crippen LogP) is 4.28. The van der Waals surface area contributed by atoms with Gasteiger partial charge in [-0.15, -0.1) is 0 Å². The van der Waals surface area contributed by atoms with Crippen LogP contribution < -0.4 is 9.64 Å². The molecule has 0 aliphatic carbocycles. The van der Waals surface area contributed by atoms with Crippen molar-refractivity contribution in [2.45, 2.75) is 45.3 Å². The lowest BCUT2D eigenvalue weighted by atomic mass is 10.1. The molecule has 3 rings (SSSR count). The van der Waals surface area contributed by atoms with Crippen LogP contribution in [0.1, 0.15) is 32.3 Å². The Morgan fingerprint density at radius 3 is 2.63 bits per heavy atom. The number of halogens is 1. The molecule has 0 amide bonds. The van der Waals surface area contributed by atoms with Gasteiger partial charge in [-0.3, -0.25) is 4.79 Å². The van der Waals surface area contributed by atoms with Crippen molar-refractivity contribution in [1.82, 2.24) is 4.98 Å². The van der Waals surface area contributed by atoms with Gasteiger partial charge in [0.15, 0.2) is 0 Å². The molecule has 0 radical (unpaired) electrons. The third-order valence-corrected chi connectivity index (χ3v) is 4.67. The fraction of sp³-hybridized carbons (Fsp3) is 0.429. The number of pyridine rings is 1. The van der Waals surface area contributed by atoms with Crippen molar-refractivity contribution >= 4 is 23.4 Å². The molecule has 1 aromatic carbocycles. The van der Waals surface area contributed by atoms with Gasteiger partial charge in [-0.1, -0.05) is 29.8 Å². The zero-order valence-corrected chi connectivity index (χ0v) is 16.5. The monoisotopic (exact) mass is 388 g/mol. The molecule has 2 aromatic rings. The Kier molecular flexibility index (Phi) is 6.56. The van der Waals surface area contributed by atoms with E-state index in [-0.39, 0.29) is 24.6 Å². The Morgan fingerprint density at radius 2 is 1.96 bits per heavy atom. The fourth-order valence-corrected chi connectivity index (χ4v) is 3.27. The number of nitrogens with zero attached hydrogens (tertiary/aromatic N) is 2. The van der Waals surface area contributed by atoms with E-state index in [4.69, 9.17) is 21.1 Å². The van der Waals surface area contributed by atoms with Crippen molar-refractivity contribution < 1.29 is 14.3 Å². The van der Waals surface area contributed by atoms with Gasteiger partial charge >= 0.3 is 5.97 Å². The van der Waals surface area contributed by atoms with E-state index in [0.717, 1.165) is 43.1 Å². The van der Waals surface area contributed by atoms with Crippen LogP contribution in [0, 0.1) is 0 Å². The number of aromatic nitrogens is 1. The number of rotatable bonds is 6. The largest absolute Gasteiger partial charge is 0.491 e. The van der Waals surface area contributed by atoms with Gasteiger partial charge in [0.2, 0.25) is 0 Å².